The van der Waals surface area contributed by atoms with Gasteiger partial charge in [0.1, 0.15) is 4.95 Å². The number of halogens is 1. The molecule has 38 valence electrons. The summed E-state index contributed by atoms with van der Waals surface area (Å²) < 4.78 is 0. The van der Waals surface area contributed by atoms with Gasteiger partial charge in [-0.05, 0) is 6.08 Å². The minimum Gasteiger partial charge on any atom is -0.268 e. The molecule has 0 amide bonds. The van der Waals surface area contributed by atoms with Crippen molar-refractivity contribution in [1.29, 1.82) is 0 Å². The fraction of sp³-hybridized carbons (Fsp3) is 0.333. The number of rotatable bonds is 0. The third kappa shape index (κ3) is 1.27. The SMILES string of the molecule is BrC1C=CNN=N1. The zero-order valence-electron chi connectivity index (χ0n) is 3.50. The summed E-state index contributed by atoms with van der Waals surface area (Å²) in [5.74, 6) is 0. The average Bonchev–Trinajstić information content (AvgIpc) is 1.69. The number of hydrogen-bond acceptors (Lipinski definition) is 3. The molecule has 3 nitrogen and oxygen atoms in total. The van der Waals surface area contributed by atoms with Gasteiger partial charge in [0.2, 0.25) is 0 Å². The molecule has 0 saturated heterocycles. The van der Waals surface area contributed by atoms with Crippen molar-refractivity contribution in [3.63, 3.8) is 0 Å². The van der Waals surface area contributed by atoms with E-state index >= 15 is 0 Å². The molecule has 0 aromatic rings. The van der Waals surface area contributed by atoms with Crippen LogP contribution in [0.5, 0.6) is 0 Å². The van der Waals surface area contributed by atoms with Crippen LogP contribution in [-0.2, 0) is 0 Å². The Morgan fingerprint density at radius 3 is 2.86 bits per heavy atom. The molecule has 1 heterocycles. The van der Waals surface area contributed by atoms with Gasteiger partial charge in [-0.1, -0.05) is 21.2 Å². The third-order valence-corrected chi connectivity index (χ3v) is 1.04. The maximum atomic E-state index is 3.67. The lowest BCUT2D eigenvalue weighted by atomic mass is 10.6. The second-order valence-corrected chi connectivity index (χ2v) is 2.01. The second kappa shape index (κ2) is 2.07. The van der Waals surface area contributed by atoms with Gasteiger partial charge in [0.15, 0.2) is 0 Å². The molecule has 0 saturated carbocycles. The highest BCUT2D eigenvalue weighted by atomic mass is 79.9. The fourth-order valence-corrected chi connectivity index (χ4v) is 0.527. The normalized spacial score (nSPS) is 27.3. The van der Waals surface area contributed by atoms with Crippen LogP contribution < -0.4 is 5.43 Å². The largest absolute Gasteiger partial charge is 0.268 e. The second-order valence-electron chi connectivity index (χ2n) is 1.08. The highest BCUT2D eigenvalue weighted by molar-refractivity contribution is 9.09. The Bertz CT molecular complexity index is 96.7. The maximum absolute atomic E-state index is 3.67. The van der Waals surface area contributed by atoms with E-state index in [1.807, 2.05) is 6.08 Å². The van der Waals surface area contributed by atoms with Crippen LogP contribution in [0.2, 0.25) is 0 Å². The number of alkyl halides is 1. The van der Waals surface area contributed by atoms with Gasteiger partial charge in [-0.25, -0.2) is 0 Å². The summed E-state index contributed by atoms with van der Waals surface area (Å²) in [5, 5.41) is 7.17. The average molecular weight is 162 g/mol. The monoisotopic (exact) mass is 161 g/mol. The van der Waals surface area contributed by atoms with E-state index in [1.54, 1.807) is 6.20 Å². The summed E-state index contributed by atoms with van der Waals surface area (Å²) in [6.07, 6.45) is 3.58. The molecule has 1 rings (SSSR count). The molecule has 1 N–H and O–H groups in total. The van der Waals surface area contributed by atoms with Gasteiger partial charge in [0.25, 0.3) is 0 Å². The molecule has 0 aliphatic carbocycles. The summed E-state index contributed by atoms with van der Waals surface area (Å²) in [6.45, 7) is 0. The quantitative estimate of drug-likeness (QED) is 0.421. The molecular formula is C3H4BrN3. The zero-order chi connectivity index (χ0) is 5.11. The first kappa shape index (κ1) is 4.77. The highest BCUT2D eigenvalue weighted by Crippen LogP contribution is 2.04. The van der Waals surface area contributed by atoms with Crippen LogP contribution in [0.25, 0.3) is 0 Å². The van der Waals surface area contributed by atoms with Crippen LogP contribution in [0.4, 0.5) is 0 Å². The van der Waals surface area contributed by atoms with Crippen molar-refractivity contribution in [3.05, 3.63) is 12.3 Å². The van der Waals surface area contributed by atoms with Crippen molar-refractivity contribution in [2.45, 2.75) is 4.95 Å². The van der Waals surface area contributed by atoms with Crippen LogP contribution in [-0.4, -0.2) is 4.95 Å². The summed E-state index contributed by atoms with van der Waals surface area (Å²) in [6, 6.07) is 0. The Morgan fingerprint density at radius 1 is 1.71 bits per heavy atom. The van der Waals surface area contributed by atoms with E-state index in [0.717, 1.165) is 0 Å². The molecule has 0 radical (unpaired) electrons. The van der Waals surface area contributed by atoms with Crippen molar-refractivity contribution in [2.24, 2.45) is 10.3 Å². The first-order valence-corrected chi connectivity index (χ1v) is 2.77. The summed E-state index contributed by atoms with van der Waals surface area (Å²) in [5.41, 5.74) is 2.56. The van der Waals surface area contributed by atoms with Crippen LogP contribution in [0, 0.1) is 0 Å². The van der Waals surface area contributed by atoms with Crippen LogP contribution in [0.3, 0.4) is 0 Å². The van der Waals surface area contributed by atoms with Crippen molar-refractivity contribution >= 4 is 15.9 Å². The number of hydrogen-bond donors (Lipinski definition) is 1. The van der Waals surface area contributed by atoms with Gasteiger partial charge >= 0.3 is 0 Å². The van der Waals surface area contributed by atoms with E-state index < -0.39 is 0 Å². The van der Waals surface area contributed by atoms with Gasteiger partial charge in [-0.2, -0.15) is 5.11 Å². The van der Waals surface area contributed by atoms with Crippen molar-refractivity contribution in [2.75, 3.05) is 0 Å². The Labute approximate surface area is 49.6 Å². The fourth-order valence-electron chi connectivity index (χ4n) is 0.283. The van der Waals surface area contributed by atoms with Crippen LogP contribution in [0.15, 0.2) is 22.6 Å². The first-order valence-electron chi connectivity index (χ1n) is 1.86. The van der Waals surface area contributed by atoms with Crippen molar-refractivity contribution < 1.29 is 0 Å². The lowest BCUT2D eigenvalue weighted by molar-refractivity contribution is 0.781. The van der Waals surface area contributed by atoms with Crippen LogP contribution in [0.1, 0.15) is 0 Å². The molecule has 1 aliphatic rings. The lowest BCUT2D eigenvalue weighted by Crippen LogP contribution is -2.00. The highest BCUT2D eigenvalue weighted by Gasteiger charge is 1.94. The number of nitrogens with zero attached hydrogens (tertiary/aromatic N) is 2. The topological polar surface area (TPSA) is 36.8 Å². The van der Waals surface area contributed by atoms with Gasteiger partial charge < -0.3 is 0 Å². The van der Waals surface area contributed by atoms with Crippen molar-refractivity contribution in [1.82, 2.24) is 5.43 Å². The van der Waals surface area contributed by atoms with E-state index in [-0.39, 0.29) is 4.95 Å². The Morgan fingerprint density at radius 2 is 2.57 bits per heavy atom. The van der Waals surface area contributed by atoms with E-state index in [9.17, 15) is 0 Å². The molecule has 1 unspecified atom stereocenters. The molecule has 0 aromatic carbocycles. The minimum absolute atomic E-state index is 0.0637. The van der Waals surface area contributed by atoms with Crippen LogP contribution >= 0.6 is 15.9 Å². The minimum atomic E-state index is 0.0637. The zero-order valence-corrected chi connectivity index (χ0v) is 5.09. The molecule has 0 spiro atoms. The predicted molar refractivity (Wildman–Crippen MR) is 29.8 cm³/mol. The Kier molecular flexibility index (Phi) is 1.41. The third-order valence-electron chi connectivity index (χ3n) is 0.555. The molecule has 0 fully saturated rings. The summed E-state index contributed by atoms with van der Waals surface area (Å²) >= 11 is 3.20. The smallest absolute Gasteiger partial charge is 0.147 e. The maximum Gasteiger partial charge on any atom is 0.147 e. The molecular weight excluding hydrogens is 158 g/mol. The summed E-state index contributed by atoms with van der Waals surface area (Å²) in [7, 11) is 0. The van der Waals surface area contributed by atoms with E-state index in [2.05, 4.69) is 31.7 Å². The lowest BCUT2D eigenvalue weighted by Gasteiger charge is -1.98. The van der Waals surface area contributed by atoms with Gasteiger partial charge in [0.05, 0.1) is 0 Å². The molecule has 0 bridgehead atoms. The Balaban J connectivity index is 2.49. The molecule has 1 atom stereocenters. The molecule has 7 heavy (non-hydrogen) atoms. The number of nitrogens with one attached hydrogen (secondary N) is 1. The predicted octanol–water partition coefficient (Wildman–Crippen LogP) is 1.19. The summed E-state index contributed by atoms with van der Waals surface area (Å²) in [4.78, 5) is 0.0637. The first-order chi connectivity index (χ1) is 3.39. The molecule has 4 heteroatoms. The van der Waals surface area contributed by atoms with E-state index in [4.69, 9.17) is 0 Å². The Hall–Kier alpha value is -0.380. The van der Waals surface area contributed by atoms with Crippen molar-refractivity contribution in [3.8, 4) is 0 Å². The standard InChI is InChI=1S/C3H4BrN3/c4-3-1-2-5-7-6-3/h1-3H,(H,5,6). The molecule has 0 aromatic heterocycles. The van der Waals surface area contributed by atoms with Gasteiger partial charge in [0, 0.05) is 6.20 Å². The van der Waals surface area contributed by atoms with E-state index in [1.165, 1.54) is 0 Å². The van der Waals surface area contributed by atoms with Gasteiger partial charge in [-0.3, -0.25) is 5.43 Å². The van der Waals surface area contributed by atoms with Gasteiger partial charge in [-0.15, -0.1) is 0 Å². The van der Waals surface area contributed by atoms with E-state index in [0.29, 0.717) is 0 Å². The molecule has 1 aliphatic heterocycles.